The summed E-state index contributed by atoms with van der Waals surface area (Å²) < 4.78 is 25.9. The number of benzene rings is 1. The third-order valence-electron chi connectivity index (χ3n) is 4.35. The number of carbonyl (C=O) groups excluding carboxylic acids is 3. The molecule has 0 aliphatic rings. The fourth-order valence-corrected chi connectivity index (χ4v) is 3.01. The van der Waals surface area contributed by atoms with Crippen LogP contribution >= 0.6 is 0 Å². The lowest BCUT2D eigenvalue weighted by Gasteiger charge is -2.28. The Labute approximate surface area is 204 Å². The molecule has 11 nitrogen and oxygen atoms in total. The highest BCUT2D eigenvalue weighted by molar-refractivity contribution is 5.75. The predicted octanol–water partition coefficient (Wildman–Crippen LogP) is 4.01. The summed E-state index contributed by atoms with van der Waals surface area (Å²) in [6, 6.07) is 2.73. The maximum atomic E-state index is 12.3. The molecule has 0 saturated heterocycles. The summed E-state index contributed by atoms with van der Waals surface area (Å²) in [5.74, 6) is -3.59. The van der Waals surface area contributed by atoms with Crippen LogP contribution in [-0.4, -0.2) is 53.2 Å². The van der Waals surface area contributed by atoms with Gasteiger partial charge in [-0.15, -0.1) is 0 Å². The monoisotopic (exact) mass is 497 g/mol. The van der Waals surface area contributed by atoms with Crippen LogP contribution < -0.4 is 15.2 Å². The summed E-state index contributed by atoms with van der Waals surface area (Å²) in [5.41, 5.74) is 4.58. The van der Waals surface area contributed by atoms with Gasteiger partial charge in [-0.25, -0.2) is 9.59 Å². The first-order chi connectivity index (χ1) is 15.9. The zero-order valence-electron chi connectivity index (χ0n) is 21.4. The second-order valence-electron chi connectivity index (χ2n) is 10.0. The lowest BCUT2D eigenvalue weighted by atomic mass is 9.82. The Balaban J connectivity index is 3.44. The SMILES string of the molecule is CC(=O)OCC(C)C(c1ccc(OC(=O)OC(C)(C)C)c(OC(=O)OC(C)(C)C)c1)[C@H](N)C(=O)O. The summed E-state index contributed by atoms with van der Waals surface area (Å²) in [4.78, 5) is 47.5. The summed E-state index contributed by atoms with van der Waals surface area (Å²) in [5, 5.41) is 9.54. The first-order valence-electron chi connectivity index (χ1n) is 11.0. The number of carboxylic acids is 1. The highest BCUT2D eigenvalue weighted by atomic mass is 16.8. The quantitative estimate of drug-likeness (QED) is 0.303. The topological polar surface area (TPSA) is 161 Å². The molecule has 0 bridgehead atoms. The fourth-order valence-electron chi connectivity index (χ4n) is 3.01. The number of hydrogen-bond acceptors (Lipinski definition) is 10. The minimum atomic E-state index is -1.38. The molecule has 0 radical (unpaired) electrons. The molecule has 3 atom stereocenters. The van der Waals surface area contributed by atoms with Crippen LogP contribution in [0, 0.1) is 5.92 Å². The average Bonchev–Trinajstić information content (AvgIpc) is 2.65. The number of carboxylic acid groups (broad SMARTS) is 1. The Morgan fingerprint density at radius 1 is 0.914 bits per heavy atom. The molecule has 1 aromatic carbocycles. The van der Waals surface area contributed by atoms with Crippen molar-refractivity contribution in [1.29, 1.82) is 0 Å². The van der Waals surface area contributed by atoms with Crippen LogP contribution in [0.4, 0.5) is 9.59 Å². The van der Waals surface area contributed by atoms with Gasteiger partial charge in [0.25, 0.3) is 0 Å². The molecule has 11 heteroatoms. The molecule has 0 saturated carbocycles. The van der Waals surface area contributed by atoms with Crippen LogP contribution in [0.3, 0.4) is 0 Å². The zero-order chi connectivity index (χ0) is 27.1. The van der Waals surface area contributed by atoms with E-state index in [9.17, 15) is 24.3 Å². The third-order valence-corrected chi connectivity index (χ3v) is 4.35. The van der Waals surface area contributed by atoms with E-state index in [1.807, 2.05) is 0 Å². The van der Waals surface area contributed by atoms with Crippen molar-refractivity contribution in [3.63, 3.8) is 0 Å². The Kier molecular flexibility index (Phi) is 10.1. The van der Waals surface area contributed by atoms with Crippen LogP contribution in [0.15, 0.2) is 18.2 Å². The minimum Gasteiger partial charge on any atom is -0.480 e. The molecule has 0 spiro atoms. The van der Waals surface area contributed by atoms with E-state index in [0.717, 1.165) is 0 Å². The van der Waals surface area contributed by atoms with Gasteiger partial charge in [-0.05, 0) is 65.2 Å². The molecular weight excluding hydrogens is 462 g/mol. The lowest BCUT2D eigenvalue weighted by molar-refractivity contribution is -0.142. The van der Waals surface area contributed by atoms with Crippen molar-refractivity contribution < 1.29 is 48.0 Å². The van der Waals surface area contributed by atoms with E-state index in [-0.39, 0.29) is 18.1 Å². The zero-order valence-corrected chi connectivity index (χ0v) is 21.4. The Morgan fingerprint density at radius 2 is 1.40 bits per heavy atom. The van der Waals surface area contributed by atoms with Gasteiger partial charge in [-0.3, -0.25) is 9.59 Å². The van der Waals surface area contributed by atoms with Crippen molar-refractivity contribution >= 4 is 24.2 Å². The van der Waals surface area contributed by atoms with E-state index in [2.05, 4.69) is 0 Å². The number of esters is 1. The van der Waals surface area contributed by atoms with Crippen LogP contribution in [0.2, 0.25) is 0 Å². The van der Waals surface area contributed by atoms with E-state index in [1.165, 1.54) is 25.1 Å². The van der Waals surface area contributed by atoms with E-state index in [0.29, 0.717) is 5.56 Å². The van der Waals surface area contributed by atoms with Gasteiger partial charge in [0.1, 0.15) is 17.2 Å². The maximum absolute atomic E-state index is 12.3. The van der Waals surface area contributed by atoms with Crippen molar-refractivity contribution in [2.45, 2.75) is 78.6 Å². The maximum Gasteiger partial charge on any atom is 0.514 e. The minimum absolute atomic E-state index is 0.0978. The molecule has 2 unspecified atom stereocenters. The van der Waals surface area contributed by atoms with Gasteiger partial charge in [-0.2, -0.15) is 0 Å². The molecule has 1 rings (SSSR count). The Bertz CT molecular complexity index is 929. The number of rotatable bonds is 8. The van der Waals surface area contributed by atoms with Crippen molar-refractivity contribution in [3.05, 3.63) is 23.8 Å². The van der Waals surface area contributed by atoms with Gasteiger partial charge in [-0.1, -0.05) is 13.0 Å². The van der Waals surface area contributed by atoms with Crippen LogP contribution in [0.1, 0.15) is 66.9 Å². The molecule has 0 aliphatic heterocycles. The van der Waals surface area contributed by atoms with Crippen molar-refractivity contribution in [1.82, 2.24) is 0 Å². The molecule has 1 aromatic rings. The molecule has 0 amide bonds. The summed E-state index contributed by atoms with van der Waals surface area (Å²) in [6.07, 6.45) is -2.11. The number of hydrogen-bond donors (Lipinski definition) is 2. The lowest BCUT2D eigenvalue weighted by Crippen LogP contribution is -2.40. The highest BCUT2D eigenvalue weighted by Crippen LogP contribution is 2.36. The highest BCUT2D eigenvalue weighted by Gasteiger charge is 2.33. The predicted molar refractivity (Wildman–Crippen MR) is 124 cm³/mol. The van der Waals surface area contributed by atoms with Crippen molar-refractivity contribution in [2.24, 2.45) is 11.7 Å². The molecule has 3 N–H and O–H groups in total. The summed E-state index contributed by atoms with van der Waals surface area (Å²) >= 11 is 0. The molecule has 196 valence electrons. The first-order valence-corrected chi connectivity index (χ1v) is 11.0. The van der Waals surface area contributed by atoms with E-state index in [1.54, 1.807) is 48.5 Å². The van der Waals surface area contributed by atoms with Gasteiger partial charge < -0.3 is 34.5 Å². The number of aliphatic carboxylic acids is 1. The number of carbonyl (C=O) groups is 4. The first kappa shape index (κ1) is 29.7. The van der Waals surface area contributed by atoms with Crippen molar-refractivity contribution in [3.8, 4) is 11.5 Å². The fraction of sp³-hybridized carbons (Fsp3) is 0.583. The van der Waals surface area contributed by atoms with Gasteiger partial charge in [0, 0.05) is 12.8 Å². The average molecular weight is 498 g/mol. The molecule has 35 heavy (non-hydrogen) atoms. The van der Waals surface area contributed by atoms with E-state index < -0.39 is 53.3 Å². The summed E-state index contributed by atoms with van der Waals surface area (Å²) in [7, 11) is 0. The van der Waals surface area contributed by atoms with Gasteiger partial charge in [0.05, 0.1) is 6.61 Å². The normalized spacial score (nSPS) is 14.2. The Morgan fingerprint density at radius 3 is 1.83 bits per heavy atom. The van der Waals surface area contributed by atoms with Crippen LogP contribution in [0.25, 0.3) is 0 Å². The molecule has 0 fully saturated rings. The standard InChI is InChI=1S/C24H35NO10/c1-13(12-31-14(2)26)18(19(25)20(27)28)15-9-10-16(32-21(29)34-23(3,4)5)17(11-15)33-22(30)35-24(6,7)8/h9-11,13,18-19H,12,25H2,1-8H3,(H,27,28)/t13?,18?,19-/m0/s1. The van der Waals surface area contributed by atoms with E-state index in [4.69, 9.17) is 29.4 Å². The molecular formula is C24H35NO10. The molecule has 0 aliphatic carbocycles. The second kappa shape index (κ2) is 11.9. The van der Waals surface area contributed by atoms with Gasteiger partial charge in [0.2, 0.25) is 0 Å². The van der Waals surface area contributed by atoms with Crippen molar-refractivity contribution in [2.75, 3.05) is 6.61 Å². The van der Waals surface area contributed by atoms with E-state index >= 15 is 0 Å². The second-order valence-corrected chi connectivity index (χ2v) is 10.0. The third kappa shape index (κ3) is 10.6. The Hall–Kier alpha value is -3.34. The van der Waals surface area contributed by atoms with Gasteiger partial charge in [0.15, 0.2) is 11.5 Å². The molecule has 0 aromatic heterocycles. The largest absolute Gasteiger partial charge is 0.514 e. The molecule has 0 heterocycles. The van der Waals surface area contributed by atoms with Gasteiger partial charge >= 0.3 is 24.2 Å². The van der Waals surface area contributed by atoms with Crippen LogP contribution in [-0.2, 0) is 23.8 Å². The van der Waals surface area contributed by atoms with Crippen LogP contribution in [0.5, 0.6) is 11.5 Å². The summed E-state index contributed by atoms with van der Waals surface area (Å²) in [6.45, 7) is 12.7. The number of ether oxygens (including phenoxy) is 5. The number of nitrogens with two attached hydrogens (primary N) is 1. The smallest absolute Gasteiger partial charge is 0.480 e.